The van der Waals surface area contributed by atoms with Crippen LogP contribution in [0.5, 0.6) is 0 Å². The fourth-order valence-electron chi connectivity index (χ4n) is 3.95. The Kier molecular flexibility index (Phi) is 4.58. The van der Waals surface area contributed by atoms with Crippen molar-refractivity contribution >= 4 is 15.7 Å². The lowest BCUT2D eigenvalue weighted by molar-refractivity contribution is -0.137. The van der Waals surface area contributed by atoms with Gasteiger partial charge >= 0.3 is 6.18 Å². The number of hydrogen-bond acceptors (Lipinski definition) is 4. The number of hydrogen-bond donors (Lipinski definition) is 0. The Morgan fingerprint density at radius 2 is 1.82 bits per heavy atom. The van der Waals surface area contributed by atoms with Gasteiger partial charge in [-0.3, -0.25) is 0 Å². The Bertz CT molecular complexity index is 984. The molecule has 1 aromatic carbocycles. The van der Waals surface area contributed by atoms with E-state index >= 15 is 0 Å². The number of fused-ring (bicyclic) bond motifs is 2. The minimum absolute atomic E-state index is 0.104. The monoisotopic (exact) mass is 415 g/mol. The molecule has 0 spiro atoms. The second kappa shape index (κ2) is 6.70. The topological polar surface area (TPSA) is 53.5 Å². The normalized spacial score (nSPS) is 22.8. The number of halogens is 4. The van der Waals surface area contributed by atoms with E-state index in [1.165, 1.54) is 28.7 Å². The summed E-state index contributed by atoms with van der Waals surface area (Å²) in [6, 6.07) is 6.80. The summed E-state index contributed by atoms with van der Waals surface area (Å²) in [5.74, 6) is -1.08. The first-order chi connectivity index (χ1) is 13.1. The fourth-order valence-corrected chi connectivity index (χ4v) is 5.92. The molecule has 0 amide bonds. The van der Waals surface area contributed by atoms with E-state index in [2.05, 4.69) is 4.98 Å². The zero-order valence-electron chi connectivity index (χ0n) is 14.6. The third-order valence-corrected chi connectivity index (χ3v) is 7.06. The SMILES string of the molecule is O=S(=O)(Cc1cccc(C(F)(F)F)c1)N1C2CC1CN(c1ccnc(F)c1)C2. The van der Waals surface area contributed by atoms with Crippen LogP contribution in [0.3, 0.4) is 0 Å². The number of alkyl halides is 3. The summed E-state index contributed by atoms with van der Waals surface area (Å²) in [5.41, 5.74) is -0.125. The van der Waals surface area contributed by atoms with E-state index in [0.717, 1.165) is 12.1 Å². The molecule has 10 heteroatoms. The van der Waals surface area contributed by atoms with Crippen LogP contribution in [0, 0.1) is 5.95 Å². The van der Waals surface area contributed by atoms with Crippen molar-refractivity contribution < 1.29 is 26.0 Å². The van der Waals surface area contributed by atoms with Gasteiger partial charge in [0.05, 0.1) is 11.3 Å². The van der Waals surface area contributed by atoms with Gasteiger partial charge in [-0.15, -0.1) is 0 Å². The van der Waals surface area contributed by atoms with E-state index < -0.39 is 33.5 Å². The van der Waals surface area contributed by atoms with Crippen molar-refractivity contribution in [2.75, 3.05) is 18.0 Å². The summed E-state index contributed by atoms with van der Waals surface area (Å²) in [6.45, 7) is 0.809. The first-order valence-corrected chi connectivity index (χ1v) is 10.3. The van der Waals surface area contributed by atoms with E-state index in [9.17, 15) is 26.0 Å². The number of piperazine rings is 1. The smallest absolute Gasteiger partial charge is 0.368 e. The van der Waals surface area contributed by atoms with Gasteiger partial charge in [-0.1, -0.05) is 18.2 Å². The van der Waals surface area contributed by atoms with Crippen molar-refractivity contribution in [3.8, 4) is 0 Å². The molecule has 3 saturated heterocycles. The van der Waals surface area contributed by atoms with E-state index in [4.69, 9.17) is 0 Å². The molecule has 5 rings (SSSR count). The van der Waals surface area contributed by atoms with Gasteiger partial charge in [0.15, 0.2) is 0 Å². The maximum atomic E-state index is 13.3. The molecule has 0 aliphatic carbocycles. The molecule has 5 nitrogen and oxygen atoms in total. The molecule has 4 heterocycles. The van der Waals surface area contributed by atoms with Crippen LogP contribution in [0.1, 0.15) is 17.5 Å². The fraction of sp³-hybridized carbons (Fsp3) is 0.389. The van der Waals surface area contributed by atoms with Crippen LogP contribution >= 0.6 is 0 Å². The van der Waals surface area contributed by atoms with Crippen molar-refractivity contribution in [2.24, 2.45) is 0 Å². The van der Waals surface area contributed by atoms with Crippen molar-refractivity contribution in [3.05, 3.63) is 59.7 Å². The predicted octanol–water partition coefficient (Wildman–Crippen LogP) is 3.03. The number of benzene rings is 1. The second-order valence-electron chi connectivity index (χ2n) is 7.07. The molecule has 3 aliphatic heterocycles. The van der Waals surface area contributed by atoms with Crippen molar-refractivity contribution in [2.45, 2.75) is 30.4 Å². The number of nitrogens with zero attached hydrogens (tertiary/aromatic N) is 3. The Morgan fingerprint density at radius 3 is 2.46 bits per heavy atom. The molecule has 1 aromatic heterocycles. The molecule has 0 saturated carbocycles. The van der Waals surface area contributed by atoms with Crippen LogP contribution in [0.2, 0.25) is 0 Å². The number of sulfonamides is 1. The van der Waals surface area contributed by atoms with E-state index in [1.54, 1.807) is 6.07 Å². The highest BCUT2D eigenvalue weighted by molar-refractivity contribution is 7.88. The second-order valence-corrected chi connectivity index (χ2v) is 8.94. The van der Waals surface area contributed by atoms with E-state index in [-0.39, 0.29) is 17.6 Å². The summed E-state index contributed by atoms with van der Waals surface area (Å²) >= 11 is 0. The first kappa shape index (κ1) is 19.1. The van der Waals surface area contributed by atoms with E-state index in [0.29, 0.717) is 25.2 Å². The van der Waals surface area contributed by atoms with Crippen LogP contribution in [-0.2, 0) is 22.0 Å². The third kappa shape index (κ3) is 3.58. The molecule has 2 bridgehead atoms. The van der Waals surface area contributed by atoms with Crippen LogP contribution in [0.4, 0.5) is 23.2 Å². The Hall–Kier alpha value is -2.20. The Labute approximate surface area is 159 Å². The van der Waals surface area contributed by atoms with Gasteiger partial charge in [0.2, 0.25) is 16.0 Å². The zero-order valence-corrected chi connectivity index (χ0v) is 15.4. The highest BCUT2D eigenvalue weighted by atomic mass is 32.2. The van der Waals surface area contributed by atoms with Gasteiger partial charge in [-0.05, 0) is 24.1 Å². The van der Waals surface area contributed by atoms with Gasteiger partial charge in [-0.25, -0.2) is 13.4 Å². The number of pyridine rings is 1. The van der Waals surface area contributed by atoms with Crippen molar-refractivity contribution in [3.63, 3.8) is 0 Å². The maximum absolute atomic E-state index is 13.3. The summed E-state index contributed by atoms with van der Waals surface area (Å²) in [4.78, 5) is 5.41. The van der Waals surface area contributed by atoms with Gasteiger partial charge in [0.25, 0.3) is 0 Å². The summed E-state index contributed by atoms with van der Waals surface area (Å²) < 4.78 is 78.9. The number of anilines is 1. The van der Waals surface area contributed by atoms with Gasteiger partial charge in [0.1, 0.15) is 0 Å². The highest BCUT2D eigenvalue weighted by Gasteiger charge is 2.50. The summed E-state index contributed by atoms with van der Waals surface area (Å²) in [6.07, 6.45) is -2.48. The zero-order chi connectivity index (χ0) is 20.1. The van der Waals surface area contributed by atoms with Crippen LogP contribution in [0.25, 0.3) is 0 Å². The molecular weight excluding hydrogens is 398 g/mol. The molecule has 2 atom stereocenters. The van der Waals surface area contributed by atoms with E-state index in [1.807, 2.05) is 4.90 Å². The predicted molar refractivity (Wildman–Crippen MR) is 94.5 cm³/mol. The van der Waals surface area contributed by atoms with Crippen molar-refractivity contribution in [1.29, 1.82) is 0 Å². The molecule has 28 heavy (non-hydrogen) atoms. The van der Waals surface area contributed by atoms with Crippen LogP contribution in [-0.4, -0.2) is 42.9 Å². The quantitative estimate of drug-likeness (QED) is 0.569. The molecule has 3 fully saturated rings. The highest BCUT2D eigenvalue weighted by Crippen LogP contribution is 2.38. The van der Waals surface area contributed by atoms with Crippen LogP contribution in [0.15, 0.2) is 42.6 Å². The van der Waals surface area contributed by atoms with Crippen LogP contribution < -0.4 is 4.90 Å². The lowest BCUT2D eigenvalue weighted by atomic mass is 9.91. The summed E-state index contributed by atoms with van der Waals surface area (Å²) in [7, 11) is -3.76. The van der Waals surface area contributed by atoms with Crippen molar-refractivity contribution in [1.82, 2.24) is 9.29 Å². The largest absolute Gasteiger partial charge is 0.416 e. The molecule has 0 radical (unpaired) electrons. The average Bonchev–Trinajstić information content (AvgIpc) is 2.60. The lowest BCUT2D eigenvalue weighted by Crippen LogP contribution is -2.70. The number of piperidine rings is 1. The van der Waals surface area contributed by atoms with Gasteiger partial charge in [0, 0.05) is 43.1 Å². The molecule has 2 unspecified atom stereocenters. The Morgan fingerprint density at radius 1 is 1.11 bits per heavy atom. The summed E-state index contributed by atoms with van der Waals surface area (Å²) in [5, 5.41) is 0. The average molecular weight is 415 g/mol. The minimum atomic E-state index is -4.52. The standard InChI is InChI=1S/C18H17F4N3O2S/c19-17-8-14(4-5-23-17)24-9-15-7-16(10-24)25(15)28(26,27)11-12-2-1-3-13(6-12)18(20,21)22/h1-6,8,15-16H,7,9-11H2. The molecule has 3 aliphatic rings. The number of rotatable bonds is 4. The molecule has 0 N–H and O–H groups in total. The lowest BCUT2D eigenvalue weighted by Gasteiger charge is -2.55. The van der Waals surface area contributed by atoms with Gasteiger partial charge in [-0.2, -0.15) is 21.9 Å². The first-order valence-electron chi connectivity index (χ1n) is 8.67. The van der Waals surface area contributed by atoms with Gasteiger partial charge < -0.3 is 4.90 Å². The molecule has 150 valence electrons. The minimum Gasteiger partial charge on any atom is -0.368 e. The Balaban J connectivity index is 1.49. The maximum Gasteiger partial charge on any atom is 0.416 e. The third-order valence-electron chi connectivity index (χ3n) is 5.13. The molecule has 2 aromatic rings. The number of aromatic nitrogens is 1. The molecular formula is C18H17F4N3O2S.